The summed E-state index contributed by atoms with van der Waals surface area (Å²) in [5, 5.41) is 2.26. The first-order chi connectivity index (χ1) is 10.8. The zero-order valence-corrected chi connectivity index (χ0v) is 16.4. The summed E-state index contributed by atoms with van der Waals surface area (Å²) in [6.07, 6.45) is 1.64. The van der Waals surface area contributed by atoms with Gasteiger partial charge in [0.1, 0.15) is 0 Å². The maximum Gasteiger partial charge on any atom is 0.229 e. The molecule has 0 aliphatic carbocycles. The largest absolute Gasteiger partial charge is 0.544 e. The molecular formula is C17H23NO3SSi. The zero-order chi connectivity index (χ0) is 17.2. The van der Waals surface area contributed by atoms with Crippen LogP contribution in [0.4, 0.5) is 0 Å². The average molecular weight is 350 g/mol. The van der Waals surface area contributed by atoms with Gasteiger partial charge < -0.3 is 9.16 Å². The highest BCUT2D eigenvalue weighted by Crippen LogP contribution is 2.41. The number of methoxy groups -OCH3 is 1. The lowest BCUT2D eigenvalue weighted by Crippen LogP contribution is -2.19. The maximum atomic E-state index is 12.8. The monoisotopic (exact) mass is 349 g/mol. The number of nitrogens with zero attached hydrogens (tertiary/aromatic N) is 1. The molecule has 124 valence electrons. The SMILES string of the molecule is COc1c(C(C)(C)C)ccc(C(=O)c2nccs2)c1O[SiH](C)C. The van der Waals surface area contributed by atoms with Crippen molar-refractivity contribution in [3.05, 3.63) is 39.8 Å². The minimum Gasteiger partial charge on any atom is -0.544 e. The highest BCUT2D eigenvalue weighted by Gasteiger charge is 2.27. The summed E-state index contributed by atoms with van der Waals surface area (Å²) < 4.78 is 11.7. The van der Waals surface area contributed by atoms with Gasteiger partial charge in [-0.25, -0.2) is 4.98 Å². The number of carbonyl (C=O) groups excluding carboxylic acids is 1. The number of carbonyl (C=O) groups is 1. The number of benzene rings is 1. The maximum absolute atomic E-state index is 12.8. The lowest BCUT2D eigenvalue weighted by Gasteiger charge is -2.26. The van der Waals surface area contributed by atoms with Crippen LogP contribution < -0.4 is 9.16 Å². The molecule has 0 saturated heterocycles. The van der Waals surface area contributed by atoms with Crippen LogP contribution >= 0.6 is 11.3 Å². The first kappa shape index (κ1) is 17.7. The molecule has 0 N–H and O–H groups in total. The summed E-state index contributed by atoms with van der Waals surface area (Å²) in [6.45, 7) is 10.5. The fourth-order valence-electron chi connectivity index (χ4n) is 2.34. The summed E-state index contributed by atoms with van der Waals surface area (Å²) in [5.74, 6) is 1.09. The minimum atomic E-state index is -1.41. The van der Waals surface area contributed by atoms with E-state index in [1.807, 2.05) is 12.1 Å². The summed E-state index contributed by atoms with van der Waals surface area (Å²) in [4.78, 5) is 16.9. The molecule has 2 rings (SSSR count). The van der Waals surface area contributed by atoms with Crippen LogP contribution in [0, 0.1) is 0 Å². The number of ketones is 1. The van der Waals surface area contributed by atoms with Crippen LogP contribution in [0.5, 0.6) is 11.5 Å². The van der Waals surface area contributed by atoms with Gasteiger partial charge in [-0.3, -0.25) is 4.79 Å². The molecule has 1 aromatic heterocycles. The van der Waals surface area contributed by atoms with E-state index in [0.717, 1.165) is 5.56 Å². The molecule has 0 aliphatic heterocycles. The second-order valence-electron chi connectivity index (χ2n) is 6.61. The van der Waals surface area contributed by atoms with Crippen molar-refractivity contribution in [2.75, 3.05) is 7.11 Å². The third kappa shape index (κ3) is 3.82. The van der Waals surface area contributed by atoms with Crippen LogP contribution in [0.2, 0.25) is 13.1 Å². The van der Waals surface area contributed by atoms with E-state index in [1.54, 1.807) is 18.7 Å². The van der Waals surface area contributed by atoms with Crippen LogP contribution in [0.15, 0.2) is 23.7 Å². The summed E-state index contributed by atoms with van der Waals surface area (Å²) >= 11 is 1.33. The van der Waals surface area contributed by atoms with Crippen molar-refractivity contribution in [3.63, 3.8) is 0 Å². The number of aromatic nitrogens is 1. The van der Waals surface area contributed by atoms with Gasteiger partial charge in [0.15, 0.2) is 16.5 Å². The molecular weight excluding hydrogens is 326 g/mol. The van der Waals surface area contributed by atoms with Crippen molar-refractivity contribution >= 4 is 26.2 Å². The topological polar surface area (TPSA) is 48.4 Å². The van der Waals surface area contributed by atoms with E-state index in [4.69, 9.17) is 9.16 Å². The Morgan fingerprint density at radius 2 is 1.91 bits per heavy atom. The van der Waals surface area contributed by atoms with Gasteiger partial charge in [-0.2, -0.15) is 0 Å². The van der Waals surface area contributed by atoms with Crippen LogP contribution in [-0.4, -0.2) is 26.9 Å². The Balaban J connectivity index is 2.65. The highest BCUT2D eigenvalue weighted by molar-refractivity contribution is 7.11. The molecule has 0 unspecified atom stereocenters. The molecule has 2 aromatic rings. The van der Waals surface area contributed by atoms with E-state index >= 15 is 0 Å². The van der Waals surface area contributed by atoms with Gasteiger partial charge in [-0.1, -0.05) is 26.8 Å². The highest BCUT2D eigenvalue weighted by atomic mass is 32.1. The summed E-state index contributed by atoms with van der Waals surface area (Å²) in [6, 6.07) is 3.79. The van der Waals surface area contributed by atoms with E-state index in [2.05, 4.69) is 38.8 Å². The molecule has 0 fully saturated rings. The van der Waals surface area contributed by atoms with E-state index in [-0.39, 0.29) is 11.2 Å². The quantitative estimate of drug-likeness (QED) is 0.604. The Bertz CT molecular complexity index is 691. The van der Waals surface area contributed by atoms with Crippen molar-refractivity contribution in [3.8, 4) is 11.5 Å². The zero-order valence-electron chi connectivity index (χ0n) is 14.5. The van der Waals surface area contributed by atoms with Gasteiger partial charge >= 0.3 is 0 Å². The van der Waals surface area contributed by atoms with Gasteiger partial charge in [0.25, 0.3) is 0 Å². The van der Waals surface area contributed by atoms with E-state index < -0.39 is 9.04 Å². The van der Waals surface area contributed by atoms with Gasteiger partial charge in [-0.15, -0.1) is 11.3 Å². The Morgan fingerprint density at radius 1 is 1.22 bits per heavy atom. The van der Waals surface area contributed by atoms with Crippen LogP contribution in [0.3, 0.4) is 0 Å². The number of rotatable bonds is 5. The molecule has 4 nitrogen and oxygen atoms in total. The predicted molar refractivity (Wildman–Crippen MR) is 96.7 cm³/mol. The molecule has 0 amide bonds. The fraction of sp³-hybridized carbons (Fsp3) is 0.412. The van der Waals surface area contributed by atoms with Crippen molar-refractivity contribution in [1.82, 2.24) is 4.98 Å². The van der Waals surface area contributed by atoms with Crippen molar-refractivity contribution in [1.29, 1.82) is 0 Å². The summed E-state index contributed by atoms with van der Waals surface area (Å²) in [7, 11) is 0.211. The lowest BCUT2D eigenvalue weighted by molar-refractivity contribution is 0.103. The Kier molecular flexibility index (Phi) is 5.26. The van der Waals surface area contributed by atoms with Gasteiger partial charge in [0.05, 0.1) is 12.7 Å². The van der Waals surface area contributed by atoms with Crippen molar-refractivity contribution in [2.24, 2.45) is 0 Å². The summed E-state index contributed by atoms with van der Waals surface area (Å²) in [5.41, 5.74) is 1.44. The first-order valence-electron chi connectivity index (χ1n) is 7.58. The standard InChI is InChI=1S/C17H23NO3SSi/c1-17(2,3)12-8-7-11(13(19)16-18-9-10-22-16)14(15(12)20-4)21-23(5)6/h7-10,23H,1-6H3. The molecule has 0 bridgehead atoms. The van der Waals surface area contributed by atoms with E-state index in [0.29, 0.717) is 22.1 Å². The van der Waals surface area contributed by atoms with Crippen LogP contribution in [0.1, 0.15) is 41.7 Å². The Morgan fingerprint density at radius 3 is 2.39 bits per heavy atom. The molecule has 1 aromatic carbocycles. The number of thiazole rings is 1. The molecule has 1 heterocycles. The molecule has 6 heteroatoms. The van der Waals surface area contributed by atoms with Crippen LogP contribution in [-0.2, 0) is 5.41 Å². The predicted octanol–water partition coefficient (Wildman–Crippen LogP) is 4.04. The van der Waals surface area contributed by atoms with Gasteiger partial charge in [0, 0.05) is 17.1 Å². The molecule has 0 spiro atoms. The molecule has 0 radical (unpaired) electrons. The first-order valence-corrected chi connectivity index (χ1v) is 11.2. The molecule has 0 atom stereocenters. The van der Waals surface area contributed by atoms with E-state index in [1.165, 1.54) is 11.3 Å². The number of hydrogen-bond acceptors (Lipinski definition) is 5. The Hall–Kier alpha value is -1.66. The van der Waals surface area contributed by atoms with Gasteiger partial charge in [0.2, 0.25) is 14.8 Å². The lowest BCUT2D eigenvalue weighted by atomic mass is 9.85. The van der Waals surface area contributed by atoms with Crippen molar-refractivity contribution < 1.29 is 14.0 Å². The molecule has 0 saturated carbocycles. The fourth-order valence-corrected chi connectivity index (χ4v) is 3.63. The second-order valence-corrected chi connectivity index (χ2v) is 9.83. The second kappa shape index (κ2) is 6.84. The molecule has 23 heavy (non-hydrogen) atoms. The minimum absolute atomic E-state index is 0.106. The third-order valence-corrected chi connectivity index (χ3v) is 4.83. The average Bonchev–Trinajstić information content (AvgIpc) is 2.98. The third-order valence-electron chi connectivity index (χ3n) is 3.35. The smallest absolute Gasteiger partial charge is 0.229 e. The van der Waals surface area contributed by atoms with Gasteiger partial charge in [-0.05, 0) is 24.6 Å². The number of hydrogen-bond donors (Lipinski definition) is 0. The Labute approximate surface area is 143 Å². The van der Waals surface area contributed by atoms with Crippen LogP contribution in [0.25, 0.3) is 0 Å². The van der Waals surface area contributed by atoms with E-state index in [9.17, 15) is 4.79 Å². The normalized spacial score (nSPS) is 11.6. The molecule has 0 aliphatic rings. The number of ether oxygens (including phenoxy) is 1. The van der Waals surface area contributed by atoms with Crippen molar-refractivity contribution in [2.45, 2.75) is 39.3 Å².